The lowest BCUT2D eigenvalue weighted by molar-refractivity contribution is 0.422. The molecule has 0 spiro atoms. The van der Waals surface area contributed by atoms with Crippen molar-refractivity contribution in [2.24, 2.45) is 17.8 Å². The van der Waals surface area contributed by atoms with E-state index in [1.165, 1.54) is 6.42 Å². The Kier molecular flexibility index (Phi) is 5.41. The molecule has 3 nitrogen and oxygen atoms in total. The minimum atomic E-state index is 0.684. The molecule has 2 heterocycles. The highest BCUT2D eigenvalue weighted by Crippen LogP contribution is 2.27. The fourth-order valence-corrected chi connectivity index (χ4v) is 2.77. The molecule has 1 fully saturated rings. The Morgan fingerprint density at radius 2 is 2.10 bits per heavy atom. The molecule has 3 heteroatoms. The molecule has 0 amide bonds. The number of aromatic nitrogens is 1. The second kappa shape index (κ2) is 7.07. The first-order valence-electron chi connectivity index (χ1n) is 7.98. The van der Waals surface area contributed by atoms with Crippen LogP contribution in [-0.2, 0) is 6.54 Å². The van der Waals surface area contributed by atoms with Crippen molar-refractivity contribution in [2.75, 3.05) is 24.5 Å². The summed E-state index contributed by atoms with van der Waals surface area (Å²) in [5.41, 5.74) is 1.15. The molecule has 1 aliphatic rings. The number of rotatable bonds is 6. The van der Waals surface area contributed by atoms with Crippen molar-refractivity contribution in [3.63, 3.8) is 0 Å². The highest BCUT2D eigenvalue weighted by Gasteiger charge is 2.25. The van der Waals surface area contributed by atoms with Crippen molar-refractivity contribution in [3.05, 3.63) is 23.9 Å². The van der Waals surface area contributed by atoms with Crippen LogP contribution in [0.15, 0.2) is 18.2 Å². The molecule has 2 rings (SSSR count). The summed E-state index contributed by atoms with van der Waals surface area (Å²) < 4.78 is 0. The SMILES string of the molecule is CC(C)CNCc1cccc(N2CCC(C(C)C)C2)n1. The monoisotopic (exact) mass is 275 g/mol. The average Bonchev–Trinajstić information content (AvgIpc) is 2.88. The molecular formula is C17H29N3. The smallest absolute Gasteiger partial charge is 0.128 e. The predicted molar refractivity (Wildman–Crippen MR) is 85.9 cm³/mol. The van der Waals surface area contributed by atoms with Gasteiger partial charge in [0.1, 0.15) is 5.82 Å². The van der Waals surface area contributed by atoms with Crippen LogP contribution in [0.2, 0.25) is 0 Å². The van der Waals surface area contributed by atoms with E-state index in [9.17, 15) is 0 Å². The third-order valence-corrected chi connectivity index (χ3v) is 4.14. The summed E-state index contributed by atoms with van der Waals surface area (Å²) in [5.74, 6) is 3.43. The first-order valence-corrected chi connectivity index (χ1v) is 7.98. The summed E-state index contributed by atoms with van der Waals surface area (Å²) in [4.78, 5) is 7.25. The molecule has 20 heavy (non-hydrogen) atoms. The molecule has 0 aliphatic carbocycles. The van der Waals surface area contributed by atoms with Crippen LogP contribution in [0, 0.1) is 17.8 Å². The highest BCUT2D eigenvalue weighted by molar-refractivity contribution is 5.40. The quantitative estimate of drug-likeness (QED) is 0.863. The Balaban J connectivity index is 1.93. The molecule has 1 aromatic rings. The number of hydrogen-bond acceptors (Lipinski definition) is 3. The minimum Gasteiger partial charge on any atom is -0.356 e. The molecule has 0 bridgehead atoms. The third kappa shape index (κ3) is 4.20. The Labute approximate surface area is 123 Å². The first-order chi connectivity index (χ1) is 9.56. The number of nitrogens with one attached hydrogen (secondary N) is 1. The molecular weight excluding hydrogens is 246 g/mol. The van der Waals surface area contributed by atoms with Crippen LogP contribution in [0.5, 0.6) is 0 Å². The number of nitrogens with zero attached hydrogens (tertiary/aromatic N) is 2. The largest absolute Gasteiger partial charge is 0.356 e. The van der Waals surface area contributed by atoms with Crippen LogP contribution >= 0.6 is 0 Å². The van der Waals surface area contributed by atoms with Crippen molar-refractivity contribution in [1.29, 1.82) is 0 Å². The van der Waals surface area contributed by atoms with E-state index in [0.29, 0.717) is 5.92 Å². The van der Waals surface area contributed by atoms with Gasteiger partial charge in [-0.05, 0) is 42.9 Å². The van der Waals surface area contributed by atoms with Gasteiger partial charge in [0.2, 0.25) is 0 Å². The van der Waals surface area contributed by atoms with Gasteiger partial charge in [0.25, 0.3) is 0 Å². The lowest BCUT2D eigenvalue weighted by Crippen LogP contribution is -2.23. The maximum atomic E-state index is 4.81. The van der Waals surface area contributed by atoms with Gasteiger partial charge >= 0.3 is 0 Å². The van der Waals surface area contributed by atoms with Crippen LogP contribution in [0.1, 0.15) is 39.8 Å². The zero-order valence-corrected chi connectivity index (χ0v) is 13.4. The first kappa shape index (κ1) is 15.3. The van der Waals surface area contributed by atoms with Crippen molar-refractivity contribution in [3.8, 4) is 0 Å². The molecule has 0 saturated carbocycles. The molecule has 1 aliphatic heterocycles. The Morgan fingerprint density at radius 1 is 1.30 bits per heavy atom. The molecule has 1 atom stereocenters. The molecule has 1 N–H and O–H groups in total. The van der Waals surface area contributed by atoms with E-state index < -0.39 is 0 Å². The van der Waals surface area contributed by atoms with Crippen molar-refractivity contribution in [2.45, 2.75) is 40.7 Å². The zero-order valence-electron chi connectivity index (χ0n) is 13.4. The van der Waals surface area contributed by atoms with Gasteiger partial charge in [-0.25, -0.2) is 4.98 Å². The van der Waals surface area contributed by atoms with E-state index in [4.69, 9.17) is 4.98 Å². The van der Waals surface area contributed by atoms with Gasteiger partial charge in [-0.15, -0.1) is 0 Å². The maximum Gasteiger partial charge on any atom is 0.128 e. The van der Waals surface area contributed by atoms with Gasteiger partial charge < -0.3 is 10.2 Å². The number of pyridine rings is 1. The Hall–Kier alpha value is -1.09. The van der Waals surface area contributed by atoms with Crippen molar-refractivity contribution >= 4 is 5.82 Å². The van der Waals surface area contributed by atoms with Gasteiger partial charge in [0.05, 0.1) is 5.69 Å². The van der Waals surface area contributed by atoms with Crippen LogP contribution in [0.4, 0.5) is 5.82 Å². The van der Waals surface area contributed by atoms with Gasteiger partial charge in [0.15, 0.2) is 0 Å². The summed E-state index contributed by atoms with van der Waals surface area (Å²) in [7, 11) is 0. The molecule has 0 aromatic carbocycles. The van der Waals surface area contributed by atoms with Gasteiger partial charge in [-0.2, -0.15) is 0 Å². The van der Waals surface area contributed by atoms with Crippen LogP contribution < -0.4 is 10.2 Å². The van der Waals surface area contributed by atoms with E-state index in [1.807, 2.05) is 0 Å². The molecule has 0 radical (unpaired) electrons. The lowest BCUT2D eigenvalue weighted by Gasteiger charge is -2.19. The van der Waals surface area contributed by atoms with Crippen LogP contribution in [-0.4, -0.2) is 24.6 Å². The second-order valence-electron chi connectivity index (χ2n) is 6.75. The standard InChI is InChI=1S/C17H29N3/c1-13(2)10-18-11-16-6-5-7-17(19-16)20-9-8-15(12-20)14(3)4/h5-7,13-15,18H,8-12H2,1-4H3. The summed E-state index contributed by atoms with van der Waals surface area (Å²) in [6.07, 6.45) is 1.30. The maximum absolute atomic E-state index is 4.81. The van der Waals surface area contributed by atoms with Gasteiger partial charge in [-0.3, -0.25) is 0 Å². The summed E-state index contributed by atoms with van der Waals surface area (Å²) in [6, 6.07) is 6.40. The predicted octanol–water partition coefficient (Wildman–Crippen LogP) is 3.31. The van der Waals surface area contributed by atoms with Crippen molar-refractivity contribution in [1.82, 2.24) is 10.3 Å². The summed E-state index contributed by atoms with van der Waals surface area (Å²) >= 11 is 0. The molecule has 1 saturated heterocycles. The topological polar surface area (TPSA) is 28.2 Å². The number of anilines is 1. The van der Waals surface area contributed by atoms with E-state index in [-0.39, 0.29) is 0 Å². The van der Waals surface area contributed by atoms with E-state index in [0.717, 1.165) is 49.5 Å². The third-order valence-electron chi connectivity index (χ3n) is 4.14. The fraction of sp³-hybridized carbons (Fsp3) is 0.706. The molecule has 112 valence electrons. The fourth-order valence-electron chi connectivity index (χ4n) is 2.77. The van der Waals surface area contributed by atoms with E-state index >= 15 is 0 Å². The van der Waals surface area contributed by atoms with Crippen molar-refractivity contribution < 1.29 is 0 Å². The second-order valence-corrected chi connectivity index (χ2v) is 6.75. The average molecular weight is 275 g/mol. The molecule has 1 aromatic heterocycles. The zero-order chi connectivity index (χ0) is 14.5. The minimum absolute atomic E-state index is 0.684. The lowest BCUT2D eigenvalue weighted by atomic mass is 9.95. The Morgan fingerprint density at radius 3 is 2.75 bits per heavy atom. The van der Waals surface area contributed by atoms with E-state index in [1.54, 1.807) is 0 Å². The Bertz CT molecular complexity index is 414. The summed E-state index contributed by atoms with van der Waals surface area (Å²) in [5, 5.41) is 3.46. The molecule has 1 unspecified atom stereocenters. The number of hydrogen-bond donors (Lipinski definition) is 1. The van der Waals surface area contributed by atoms with Crippen LogP contribution in [0.3, 0.4) is 0 Å². The normalized spacial score (nSPS) is 19.3. The van der Waals surface area contributed by atoms with E-state index in [2.05, 4.69) is 56.1 Å². The highest BCUT2D eigenvalue weighted by atomic mass is 15.2. The summed E-state index contributed by atoms with van der Waals surface area (Å²) in [6.45, 7) is 13.3. The van der Waals surface area contributed by atoms with Crippen LogP contribution in [0.25, 0.3) is 0 Å². The van der Waals surface area contributed by atoms with Gasteiger partial charge in [0, 0.05) is 19.6 Å². The van der Waals surface area contributed by atoms with Gasteiger partial charge in [-0.1, -0.05) is 33.8 Å².